The van der Waals surface area contributed by atoms with E-state index in [-0.39, 0.29) is 37.5 Å². The lowest BCUT2D eigenvalue weighted by Gasteiger charge is -2.18. The molecule has 1 atom stereocenters. The van der Waals surface area contributed by atoms with Gasteiger partial charge in [0.05, 0.1) is 0 Å². The van der Waals surface area contributed by atoms with Crippen molar-refractivity contribution in [3.63, 3.8) is 0 Å². The molecular weight excluding hydrogens is 817 g/mol. The molecule has 0 aliphatic heterocycles. The molecule has 66 heavy (non-hydrogen) atoms. The first-order valence-electron chi connectivity index (χ1n) is 27.6. The van der Waals surface area contributed by atoms with Gasteiger partial charge in [-0.2, -0.15) is 0 Å². The molecule has 0 aromatic carbocycles. The fraction of sp³-hybridized carbons (Fsp3) is 0.717. The molecule has 0 radical (unpaired) electrons. The van der Waals surface area contributed by atoms with E-state index in [0.717, 1.165) is 116 Å². The third kappa shape index (κ3) is 51.6. The van der Waals surface area contributed by atoms with Gasteiger partial charge in [-0.05, 0) is 77.0 Å². The SMILES string of the molecule is CC/C=C/C=C/C=C/CCCCCCCC(=O)OCC(COC(=O)CCCCCCCCCCCCCCCCCCCCC)OC(=O)CCCCC/C=C/C/C=C/C/C=C/C/C=C/CC. The summed E-state index contributed by atoms with van der Waals surface area (Å²) in [7, 11) is 0. The van der Waals surface area contributed by atoms with Crippen LogP contribution < -0.4 is 0 Å². The second-order valence-corrected chi connectivity index (χ2v) is 18.1. The normalized spacial score (nSPS) is 12.7. The molecule has 0 aromatic heterocycles. The van der Waals surface area contributed by atoms with Crippen molar-refractivity contribution >= 4 is 17.9 Å². The Hall–Kier alpha value is -3.41. The number of rotatable bonds is 49. The lowest BCUT2D eigenvalue weighted by molar-refractivity contribution is -0.167. The molecule has 378 valence electrons. The first-order chi connectivity index (χ1) is 32.5. The molecule has 0 amide bonds. The molecule has 0 saturated carbocycles. The van der Waals surface area contributed by atoms with Crippen LogP contribution in [0.15, 0.2) is 85.1 Å². The van der Waals surface area contributed by atoms with Crippen molar-refractivity contribution < 1.29 is 28.6 Å². The van der Waals surface area contributed by atoms with Crippen LogP contribution in [-0.2, 0) is 28.6 Å². The van der Waals surface area contributed by atoms with E-state index in [4.69, 9.17) is 14.2 Å². The highest BCUT2D eigenvalue weighted by Gasteiger charge is 2.19. The van der Waals surface area contributed by atoms with Crippen LogP contribution in [0.5, 0.6) is 0 Å². The molecule has 0 bridgehead atoms. The Bertz CT molecular complexity index is 1290. The molecule has 0 fully saturated rings. The van der Waals surface area contributed by atoms with E-state index in [1.165, 1.54) is 103 Å². The van der Waals surface area contributed by atoms with Crippen LogP contribution in [0.1, 0.15) is 258 Å². The van der Waals surface area contributed by atoms with Gasteiger partial charge in [-0.15, -0.1) is 0 Å². The molecule has 0 aromatic rings. The second kappa shape index (κ2) is 54.2. The van der Waals surface area contributed by atoms with Crippen LogP contribution in [0.4, 0.5) is 0 Å². The number of carbonyl (C=O) groups is 3. The Labute approximate surface area is 407 Å². The van der Waals surface area contributed by atoms with Crippen LogP contribution >= 0.6 is 0 Å². The largest absolute Gasteiger partial charge is 0.462 e. The highest BCUT2D eigenvalue weighted by molar-refractivity contribution is 5.71. The predicted octanol–water partition coefficient (Wildman–Crippen LogP) is 18.4. The minimum absolute atomic E-state index is 0.0948. The molecule has 6 heteroatoms. The number of hydrogen-bond donors (Lipinski definition) is 0. The van der Waals surface area contributed by atoms with Gasteiger partial charge in [0.15, 0.2) is 6.10 Å². The van der Waals surface area contributed by atoms with E-state index in [1.54, 1.807) is 0 Å². The average Bonchev–Trinajstić information content (AvgIpc) is 3.31. The third-order valence-corrected chi connectivity index (χ3v) is 11.7. The summed E-state index contributed by atoms with van der Waals surface area (Å²) in [6.45, 7) is 6.36. The highest BCUT2D eigenvalue weighted by Crippen LogP contribution is 2.16. The van der Waals surface area contributed by atoms with Crippen LogP contribution in [0.2, 0.25) is 0 Å². The van der Waals surface area contributed by atoms with Gasteiger partial charge in [0, 0.05) is 19.3 Å². The number of allylic oxidation sites excluding steroid dienone is 14. The minimum Gasteiger partial charge on any atom is -0.462 e. The number of ether oxygens (including phenoxy) is 3. The smallest absolute Gasteiger partial charge is 0.306 e. The number of hydrogen-bond acceptors (Lipinski definition) is 6. The minimum atomic E-state index is -0.801. The molecule has 0 saturated heterocycles. The summed E-state index contributed by atoms with van der Waals surface area (Å²) in [5.74, 6) is -0.943. The van der Waals surface area contributed by atoms with Gasteiger partial charge in [-0.25, -0.2) is 0 Å². The van der Waals surface area contributed by atoms with Gasteiger partial charge in [0.25, 0.3) is 0 Å². The third-order valence-electron chi connectivity index (χ3n) is 11.7. The maximum atomic E-state index is 12.8. The predicted molar refractivity (Wildman–Crippen MR) is 284 cm³/mol. The Morgan fingerprint density at radius 3 is 1.11 bits per heavy atom. The van der Waals surface area contributed by atoms with E-state index in [9.17, 15) is 14.4 Å². The maximum absolute atomic E-state index is 12.8. The average molecular weight is 919 g/mol. The Morgan fingerprint density at radius 2 is 0.667 bits per heavy atom. The summed E-state index contributed by atoms with van der Waals surface area (Å²) in [6, 6.07) is 0. The zero-order chi connectivity index (χ0) is 47.9. The van der Waals surface area contributed by atoms with Gasteiger partial charge < -0.3 is 14.2 Å². The summed E-state index contributed by atoms with van der Waals surface area (Å²) < 4.78 is 16.8. The standard InChI is InChI=1S/C60H102O6/c1-4-7-10-13-16-19-22-25-27-29-30-31-33-35-38-41-44-47-50-53-59(62)65-56-57(55-64-58(61)52-49-46-43-40-37-34-24-21-18-15-12-9-6-3)66-60(63)54-51-48-45-42-39-36-32-28-26-23-20-17-14-11-8-5-2/h8-9,11-12,15,17-18,20-21,24,26,28,36,39,57H,4-7,10,13-14,16,19,22-23,25,27,29-35,37-38,40-56H2,1-3H3/b11-8+,12-9+,18-15+,20-17+,24-21+,28-26+,39-36+. The van der Waals surface area contributed by atoms with Crippen molar-refractivity contribution in [2.24, 2.45) is 0 Å². The summed E-state index contributed by atoms with van der Waals surface area (Å²) >= 11 is 0. The van der Waals surface area contributed by atoms with Crippen molar-refractivity contribution in [2.75, 3.05) is 13.2 Å². The van der Waals surface area contributed by atoms with E-state index < -0.39 is 6.10 Å². The fourth-order valence-electron chi connectivity index (χ4n) is 7.61. The fourth-order valence-corrected chi connectivity index (χ4v) is 7.61. The van der Waals surface area contributed by atoms with E-state index >= 15 is 0 Å². The lowest BCUT2D eigenvalue weighted by atomic mass is 10.0. The van der Waals surface area contributed by atoms with Crippen molar-refractivity contribution in [3.8, 4) is 0 Å². The lowest BCUT2D eigenvalue weighted by Crippen LogP contribution is -2.30. The zero-order valence-electron chi connectivity index (χ0n) is 43.2. The number of unbranched alkanes of at least 4 members (excludes halogenated alkanes) is 26. The monoisotopic (exact) mass is 919 g/mol. The Kier molecular flexibility index (Phi) is 51.4. The Balaban J connectivity index is 4.41. The van der Waals surface area contributed by atoms with Gasteiger partial charge in [0.2, 0.25) is 0 Å². The molecular formula is C60H102O6. The molecule has 0 spiro atoms. The molecule has 0 aliphatic rings. The summed E-state index contributed by atoms with van der Waals surface area (Å²) in [5.41, 5.74) is 0. The Morgan fingerprint density at radius 1 is 0.333 bits per heavy atom. The first kappa shape index (κ1) is 62.6. The van der Waals surface area contributed by atoms with E-state index in [0.29, 0.717) is 12.8 Å². The van der Waals surface area contributed by atoms with Gasteiger partial charge in [-0.1, -0.05) is 247 Å². The van der Waals surface area contributed by atoms with Crippen molar-refractivity contribution in [2.45, 2.75) is 264 Å². The van der Waals surface area contributed by atoms with Crippen molar-refractivity contribution in [3.05, 3.63) is 85.1 Å². The summed E-state index contributed by atoms with van der Waals surface area (Å²) in [4.78, 5) is 38.1. The van der Waals surface area contributed by atoms with Gasteiger partial charge in [-0.3, -0.25) is 14.4 Å². The molecule has 0 rings (SSSR count). The molecule has 6 nitrogen and oxygen atoms in total. The van der Waals surface area contributed by atoms with E-state index in [2.05, 4.69) is 106 Å². The topological polar surface area (TPSA) is 78.9 Å². The van der Waals surface area contributed by atoms with Crippen molar-refractivity contribution in [1.29, 1.82) is 0 Å². The van der Waals surface area contributed by atoms with Gasteiger partial charge >= 0.3 is 17.9 Å². The molecule has 1 unspecified atom stereocenters. The van der Waals surface area contributed by atoms with Crippen LogP contribution in [0.25, 0.3) is 0 Å². The second-order valence-electron chi connectivity index (χ2n) is 18.1. The highest BCUT2D eigenvalue weighted by atomic mass is 16.6. The quantitative estimate of drug-likeness (QED) is 0.0199. The first-order valence-corrected chi connectivity index (χ1v) is 27.6. The van der Waals surface area contributed by atoms with Crippen LogP contribution in [-0.4, -0.2) is 37.2 Å². The van der Waals surface area contributed by atoms with E-state index in [1.807, 2.05) is 0 Å². The van der Waals surface area contributed by atoms with Gasteiger partial charge in [0.1, 0.15) is 13.2 Å². The zero-order valence-corrected chi connectivity index (χ0v) is 43.2. The molecule has 0 N–H and O–H groups in total. The number of carbonyl (C=O) groups excluding carboxylic acids is 3. The van der Waals surface area contributed by atoms with Crippen LogP contribution in [0.3, 0.4) is 0 Å². The van der Waals surface area contributed by atoms with Crippen molar-refractivity contribution in [1.82, 2.24) is 0 Å². The number of esters is 3. The summed E-state index contributed by atoms with van der Waals surface area (Å²) in [5, 5.41) is 0. The summed E-state index contributed by atoms with van der Waals surface area (Å²) in [6.07, 6.45) is 70.0. The maximum Gasteiger partial charge on any atom is 0.306 e. The molecule has 0 heterocycles. The van der Waals surface area contributed by atoms with Crippen LogP contribution in [0, 0.1) is 0 Å². The molecule has 0 aliphatic carbocycles.